The van der Waals surface area contributed by atoms with Gasteiger partial charge in [-0.25, -0.2) is 0 Å². The van der Waals surface area contributed by atoms with Crippen molar-refractivity contribution in [3.8, 4) is 17.6 Å². The summed E-state index contributed by atoms with van der Waals surface area (Å²) in [5.74, 6) is -0.631. The van der Waals surface area contributed by atoms with Crippen molar-refractivity contribution in [3.05, 3.63) is 23.3 Å². The van der Waals surface area contributed by atoms with Crippen LogP contribution in [0.15, 0.2) is 12.1 Å². The van der Waals surface area contributed by atoms with Gasteiger partial charge in [-0.2, -0.15) is 5.26 Å². The zero-order chi connectivity index (χ0) is 27.7. The third kappa shape index (κ3) is 5.57. The van der Waals surface area contributed by atoms with E-state index in [0.29, 0.717) is 38.0 Å². The number of fused-ring (bicyclic) bond motifs is 2. The molecule has 4 aliphatic carbocycles. The molecule has 0 heterocycles. The van der Waals surface area contributed by atoms with Gasteiger partial charge < -0.3 is 25.2 Å². The molecular weight excluding hydrogens is 498 g/mol. The van der Waals surface area contributed by atoms with Gasteiger partial charge in [-0.15, -0.1) is 0 Å². The van der Waals surface area contributed by atoms with Crippen molar-refractivity contribution in [2.45, 2.75) is 83.3 Å². The molecule has 4 atom stereocenters. The van der Waals surface area contributed by atoms with Crippen LogP contribution in [0.1, 0.15) is 87.1 Å². The van der Waals surface area contributed by atoms with Gasteiger partial charge in [0.1, 0.15) is 17.6 Å². The van der Waals surface area contributed by atoms with Crippen LogP contribution in [0.4, 0.5) is 0 Å². The molecule has 0 aliphatic heterocycles. The number of carbonyl (C=O) groups is 3. The maximum Gasteiger partial charge on any atom is 0.306 e. The van der Waals surface area contributed by atoms with Crippen LogP contribution in [0.2, 0.25) is 0 Å². The monoisotopic (exact) mass is 537 g/mol. The van der Waals surface area contributed by atoms with Crippen LogP contribution >= 0.6 is 0 Å². The van der Waals surface area contributed by atoms with Gasteiger partial charge in [0.25, 0.3) is 5.91 Å². The fourth-order valence-corrected chi connectivity index (χ4v) is 7.18. The predicted octanol–water partition coefficient (Wildman–Crippen LogP) is 4.04. The SMILES string of the molecule is COc1cc(C#N)c(O[C@H]2CC[C@@H](C(=O)O)CC2)cc1C(=O)N[C@@H]1[C@H]2CC[C@H](C2)[C@@H]1C(=O)NCC1(C)CCC1. The van der Waals surface area contributed by atoms with Gasteiger partial charge in [0.05, 0.1) is 36.2 Å². The first kappa shape index (κ1) is 27.3. The Morgan fingerprint density at radius 3 is 2.41 bits per heavy atom. The van der Waals surface area contributed by atoms with Crippen molar-refractivity contribution in [3.63, 3.8) is 0 Å². The molecule has 9 heteroatoms. The smallest absolute Gasteiger partial charge is 0.306 e. The molecule has 4 aliphatic rings. The average molecular weight is 538 g/mol. The second-order valence-electron chi connectivity index (χ2n) is 12.3. The second-order valence-corrected chi connectivity index (χ2v) is 12.3. The number of methoxy groups -OCH3 is 1. The van der Waals surface area contributed by atoms with Gasteiger partial charge in [0.15, 0.2) is 0 Å². The number of carboxylic acids is 1. The molecular formula is C30H39N3O6. The standard InChI is InChI=1S/C30H39N3O6/c1-30(10-3-11-30)16-32-28(35)25-18-4-5-19(12-18)26(25)33-27(34)22-14-23(20(15-31)13-24(22)38-2)39-21-8-6-17(7-9-21)29(36)37/h13-14,17-19,21,25-26H,3-12,16H2,1-2H3,(H,32,35)(H,33,34)(H,36,37)/t17-,18-,19+,21+,25+,26-/m1/s1. The molecule has 4 saturated carbocycles. The molecule has 210 valence electrons. The van der Waals surface area contributed by atoms with E-state index < -0.39 is 5.97 Å². The predicted molar refractivity (Wildman–Crippen MR) is 142 cm³/mol. The fraction of sp³-hybridized carbons (Fsp3) is 0.667. The van der Waals surface area contributed by atoms with E-state index in [4.69, 9.17) is 9.47 Å². The first-order chi connectivity index (χ1) is 18.7. The number of carbonyl (C=O) groups excluding carboxylic acids is 2. The summed E-state index contributed by atoms with van der Waals surface area (Å²) in [6.45, 7) is 2.89. The van der Waals surface area contributed by atoms with E-state index >= 15 is 0 Å². The number of nitriles is 1. The number of benzene rings is 1. The van der Waals surface area contributed by atoms with E-state index in [2.05, 4.69) is 23.6 Å². The number of aliphatic carboxylic acids is 1. The molecule has 0 unspecified atom stereocenters. The zero-order valence-electron chi connectivity index (χ0n) is 22.8. The molecule has 2 bridgehead atoms. The fourth-order valence-electron chi connectivity index (χ4n) is 7.18. The molecule has 1 aromatic rings. The van der Waals surface area contributed by atoms with E-state index in [1.807, 2.05) is 0 Å². The summed E-state index contributed by atoms with van der Waals surface area (Å²) in [7, 11) is 1.45. The van der Waals surface area contributed by atoms with E-state index in [0.717, 1.165) is 32.1 Å². The van der Waals surface area contributed by atoms with Gasteiger partial charge >= 0.3 is 5.97 Å². The molecule has 39 heavy (non-hydrogen) atoms. The van der Waals surface area contributed by atoms with Gasteiger partial charge in [-0.05, 0) is 81.1 Å². The highest BCUT2D eigenvalue weighted by Crippen LogP contribution is 2.49. The largest absolute Gasteiger partial charge is 0.496 e. The van der Waals surface area contributed by atoms with Gasteiger partial charge in [-0.1, -0.05) is 13.3 Å². The van der Waals surface area contributed by atoms with Crippen LogP contribution < -0.4 is 20.1 Å². The Hall–Kier alpha value is -3.28. The minimum absolute atomic E-state index is 0.0356. The lowest BCUT2D eigenvalue weighted by molar-refractivity contribution is -0.143. The summed E-state index contributed by atoms with van der Waals surface area (Å²) in [6.07, 6.45) is 8.35. The highest BCUT2D eigenvalue weighted by Gasteiger charge is 2.51. The Morgan fingerprint density at radius 1 is 1.08 bits per heavy atom. The van der Waals surface area contributed by atoms with Crippen molar-refractivity contribution in [2.24, 2.45) is 29.1 Å². The first-order valence-corrected chi connectivity index (χ1v) is 14.3. The third-order valence-electron chi connectivity index (χ3n) is 9.75. The number of hydrogen-bond acceptors (Lipinski definition) is 6. The quantitative estimate of drug-likeness (QED) is 0.432. The van der Waals surface area contributed by atoms with Gasteiger partial charge in [-0.3, -0.25) is 14.4 Å². The Labute approximate surface area is 229 Å². The molecule has 3 N–H and O–H groups in total. The third-order valence-corrected chi connectivity index (χ3v) is 9.75. The first-order valence-electron chi connectivity index (χ1n) is 14.3. The summed E-state index contributed by atoms with van der Waals surface area (Å²) in [5.41, 5.74) is 0.700. The van der Waals surface area contributed by atoms with Crippen LogP contribution in [0.3, 0.4) is 0 Å². The molecule has 4 fully saturated rings. The van der Waals surface area contributed by atoms with E-state index in [1.165, 1.54) is 19.6 Å². The van der Waals surface area contributed by atoms with Gasteiger partial charge in [0, 0.05) is 18.7 Å². The van der Waals surface area contributed by atoms with E-state index in [1.54, 1.807) is 6.07 Å². The van der Waals surface area contributed by atoms with Crippen molar-refractivity contribution in [2.75, 3.05) is 13.7 Å². The van der Waals surface area contributed by atoms with Crippen LogP contribution in [-0.2, 0) is 9.59 Å². The Morgan fingerprint density at radius 2 is 1.79 bits per heavy atom. The van der Waals surface area contributed by atoms with Crippen LogP contribution in [-0.4, -0.2) is 48.7 Å². The summed E-state index contributed by atoms with van der Waals surface area (Å²) in [6, 6.07) is 4.94. The number of ether oxygens (including phenoxy) is 2. The summed E-state index contributed by atoms with van der Waals surface area (Å²) >= 11 is 0. The number of nitrogens with zero attached hydrogens (tertiary/aromatic N) is 1. The number of carboxylic acid groups (broad SMARTS) is 1. The molecule has 2 amide bonds. The minimum Gasteiger partial charge on any atom is -0.496 e. The summed E-state index contributed by atoms with van der Waals surface area (Å²) in [5, 5.41) is 25.4. The van der Waals surface area contributed by atoms with Crippen LogP contribution in [0.5, 0.6) is 11.5 Å². The molecule has 0 spiro atoms. The maximum atomic E-state index is 13.6. The highest BCUT2D eigenvalue weighted by molar-refractivity contribution is 5.98. The number of amides is 2. The van der Waals surface area contributed by atoms with E-state index in [9.17, 15) is 24.8 Å². The summed E-state index contributed by atoms with van der Waals surface area (Å²) in [4.78, 5) is 38.2. The summed E-state index contributed by atoms with van der Waals surface area (Å²) < 4.78 is 11.6. The second kappa shape index (κ2) is 11.1. The van der Waals surface area contributed by atoms with Crippen molar-refractivity contribution in [1.82, 2.24) is 10.6 Å². The molecule has 0 radical (unpaired) electrons. The molecule has 0 aromatic heterocycles. The van der Waals surface area contributed by atoms with E-state index in [-0.39, 0.29) is 69.9 Å². The maximum absolute atomic E-state index is 13.6. The Kier molecular flexibility index (Phi) is 7.75. The topological polar surface area (TPSA) is 138 Å². The molecule has 0 saturated heterocycles. The number of hydrogen-bond donors (Lipinski definition) is 3. The van der Waals surface area contributed by atoms with Gasteiger partial charge in [0.2, 0.25) is 5.91 Å². The van der Waals surface area contributed by atoms with Crippen molar-refractivity contribution >= 4 is 17.8 Å². The molecule has 5 rings (SSSR count). The normalized spacial score (nSPS) is 30.5. The average Bonchev–Trinajstić information content (AvgIpc) is 3.52. The lowest BCUT2D eigenvalue weighted by Crippen LogP contribution is -2.51. The number of rotatable bonds is 9. The van der Waals surface area contributed by atoms with Crippen molar-refractivity contribution in [1.29, 1.82) is 5.26 Å². The Bertz CT molecular complexity index is 1160. The van der Waals surface area contributed by atoms with Crippen LogP contribution in [0.25, 0.3) is 0 Å². The lowest BCUT2D eigenvalue weighted by Gasteiger charge is -2.39. The highest BCUT2D eigenvalue weighted by atomic mass is 16.5. The zero-order valence-corrected chi connectivity index (χ0v) is 22.8. The molecule has 1 aromatic carbocycles. The minimum atomic E-state index is -0.792. The van der Waals surface area contributed by atoms with Crippen LogP contribution in [0, 0.1) is 40.4 Å². The van der Waals surface area contributed by atoms with Crippen molar-refractivity contribution < 1.29 is 29.0 Å². The molecule has 9 nitrogen and oxygen atoms in total. The lowest BCUT2D eigenvalue weighted by atomic mass is 9.70. The number of nitrogens with one attached hydrogen (secondary N) is 2. The Balaban J connectivity index is 1.31.